The zero-order valence-corrected chi connectivity index (χ0v) is 32.0. The summed E-state index contributed by atoms with van der Waals surface area (Å²) in [6.45, 7) is 1.01. The van der Waals surface area contributed by atoms with Gasteiger partial charge in [0.25, 0.3) is 11.8 Å². The molecule has 8 rings (SSSR count). The lowest BCUT2D eigenvalue weighted by molar-refractivity contribution is 0.0937. The van der Waals surface area contributed by atoms with Gasteiger partial charge in [0.1, 0.15) is 10.0 Å². The van der Waals surface area contributed by atoms with Crippen molar-refractivity contribution in [3.8, 4) is 0 Å². The van der Waals surface area contributed by atoms with Crippen LogP contribution in [0, 0.1) is 0 Å². The van der Waals surface area contributed by atoms with Crippen LogP contribution in [-0.4, -0.2) is 53.6 Å². The number of rotatable bonds is 12. The van der Waals surface area contributed by atoms with Crippen LogP contribution in [-0.2, 0) is 25.7 Å². The second-order valence-electron chi connectivity index (χ2n) is 12.4. The fourth-order valence-electron chi connectivity index (χ4n) is 5.87. The number of carbonyl (C=O) groups excluding carboxylic acids is 2. The third kappa shape index (κ3) is 9.57. The molecule has 8 aromatic rings. The minimum absolute atomic E-state index is 0.230. The predicted molar refractivity (Wildman–Crippen MR) is 217 cm³/mol. The van der Waals surface area contributed by atoms with Crippen LogP contribution < -0.4 is 10.6 Å². The molecule has 0 atom stereocenters. The average Bonchev–Trinajstić information content (AvgIpc) is 4.01. The van der Waals surface area contributed by atoms with Crippen molar-refractivity contribution in [1.82, 2.24) is 39.3 Å². The Balaban J connectivity index is 0.000000167. The van der Waals surface area contributed by atoms with E-state index in [1.165, 1.54) is 23.1 Å². The Labute approximate surface area is 329 Å². The van der Waals surface area contributed by atoms with Gasteiger partial charge < -0.3 is 20.6 Å². The van der Waals surface area contributed by atoms with Crippen molar-refractivity contribution in [2.24, 2.45) is 0 Å². The predicted octanol–water partition coefficient (Wildman–Crippen LogP) is 8.47. The van der Waals surface area contributed by atoms with E-state index < -0.39 is 0 Å². The van der Waals surface area contributed by atoms with Gasteiger partial charge in [-0.05, 0) is 94.6 Å². The summed E-state index contributed by atoms with van der Waals surface area (Å²) in [4.78, 5) is 39.7. The van der Waals surface area contributed by atoms with Gasteiger partial charge in [0, 0.05) is 70.2 Å². The summed E-state index contributed by atoms with van der Waals surface area (Å²) in [5.41, 5.74) is 6.60. The van der Waals surface area contributed by atoms with Gasteiger partial charge in [-0.15, -0.1) is 0 Å². The molecule has 0 saturated carbocycles. The number of aromatic amines is 2. The summed E-state index contributed by atoms with van der Waals surface area (Å²) in [6, 6.07) is 31.5. The Morgan fingerprint density at radius 2 is 1.02 bits per heavy atom. The van der Waals surface area contributed by atoms with Crippen LogP contribution in [0.25, 0.3) is 21.8 Å². The van der Waals surface area contributed by atoms with Gasteiger partial charge in [-0.2, -0.15) is 8.75 Å². The molecule has 0 radical (unpaired) electrons. The summed E-state index contributed by atoms with van der Waals surface area (Å²) in [7, 11) is 0. The number of carbonyl (C=O) groups is 2. The smallest absolute Gasteiger partial charge is 0.290 e. The Bertz CT molecular complexity index is 2320. The fraction of sp³-hybridized carbons (Fsp3) is 0.150. The van der Waals surface area contributed by atoms with Crippen LogP contribution in [0.15, 0.2) is 109 Å². The first-order chi connectivity index (χ1) is 26.4. The number of halogens is 2. The highest BCUT2D eigenvalue weighted by atomic mass is 35.5. The number of nitrogens with one attached hydrogen (secondary N) is 4. The summed E-state index contributed by atoms with van der Waals surface area (Å²) in [5, 5.41) is 11.0. The van der Waals surface area contributed by atoms with Gasteiger partial charge in [-0.3, -0.25) is 9.59 Å². The van der Waals surface area contributed by atoms with E-state index >= 15 is 0 Å². The Morgan fingerprint density at radius 1 is 0.593 bits per heavy atom. The topological polar surface area (TPSA) is 141 Å². The number of H-pyrrole nitrogens is 2. The van der Waals surface area contributed by atoms with E-state index in [0.29, 0.717) is 48.8 Å². The highest BCUT2D eigenvalue weighted by Crippen LogP contribution is 2.24. The van der Waals surface area contributed by atoms with E-state index in [4.69, 9.17) is 23.2 Å². The third-order valence-corrected chi connectivity index (χ3v) is 10.4. The number of amides is 2. The van der Waals surface area contributed by atoms with E-state index in [0.717, 1.165) is 54.1 Å². The van der Waals surface area contributed by atoms with Crippen LogP contribution in [0.4, 0.5) is 0 Å². The lowest BCUT2D eigenvalue weighted by Gasteiger charge is -2.02. The van der Waals surface area contributed by atoms with Gasteiger partial charge in [-0.25, -0.2) is 9.97 Å². The Morgan fingerprint density at radius 3 is 1.44 bits per heavy atom. The largest absolute Gasteiger partial charge is 0.361 e. The molecule has 14 heteroatoms. The van der Waals surface area contributed by atoms with Crippen LogP contribution in [0.1, 0.15) is 53.5 Å². The fourth-order valence-corrected chi connectivity index (χ4v) is 7.57. The summed E-state index contributed by atoms with van der Waals surface area (Å²) in [5.74, 6) is -0.0346. The van der Waals surface area contributed by atoms with E-state index in [1.807, 2.05) is 109 Å². The molecule has 54 heavy (non-hydrogen) atoms. The van der Waals surface area contributed by atoms with Crippen molar-refractivity contribution in [1.29, 1.82) is 0 Å². The first-order valence-corrected chi connectivity index (χ1v) is 19.5. The SMILES string of the molecule is O=C(NCCc1c[nH]c2ccc(Cl)cc12)c1nsc(Cc2ccccc2)n1.O=C(NCCc1c[nH]c2ccc(Cl)cc12)c1nsc(Cc2ccccc2)n1. The molecule has 4 aromatic carbocycles. The molecule has 2 amide bonds. The van der Waals surface area contributed by atoms with Gasteiger partial charge in [-0.1, -0.05) is 83.9 Å². The lowest BCUT2D eigenvalue weighted by Crippen LogP contribution is -2.26. The highest BCUT2D eigenvalue weighted by Gasteiger charge is 2.15. The summed E-state index contributed by atoms with van der Waals surface area (Å²) in [6.07, 6.45) is 6.67. The van der Waals surface area contributed by atoms with Gasteiger partial charge in [0.15, 0.2) is 0 Å². The minimum Gasteiger partial charge on any atom is -0.361 e. The van der Waals surface area contributed by atoms with Gasteiger partial charge in [0.2, 0.25) is 11.6 Å². The standard InChI is InChI=1S/2C20H17ClN4OS/c2*21-15-6-7-17-16(11-15)14(12-23-17)8-9-22-20(26)19-24-18(27-25-19)10-13-4-2-1-3-5-13/h2*1-7,11-12,23H,8-10H2,(H,22,26). The molecule has 10 nitrogen and oxygen atoms in total. The Hall–Kier alpha value is -5.40. The summed E-state index contributed by atoms with van der Waals surface area (Å²) >= 11 is 14.7. The van der Waals surface area contributed by atoms with Crippen molar-refractivity contribution in [2.75, 3.05) is 13.1 Å². The normalized spacial score (nSPS) is 11.0. The molecule has 0 saturated heterocycles. The summed E-state index contributed by atoms with van der Waals surface area (Å²) < 4.78 is 8.37. The number of benzene rings is 4. The molecular formula is C40H34Cl2N8O2S2. The quantitative estimate of drug-likeness (QED) is 0.0979. The third-order valence-electron chi connectivity index (χ3n) is 8.56. The monoisotopic (exact) mass is 792 g/mol. The number of nitrogens with zero attached hydrogens (tertiary/aromatic N) is 4. The molecule has 4 heterocycles. The maximum absolute atomic E-state index is 12.3. The first kappa shape index (κ1) is 36.9. The van der Waals surface area contributed by atoms with Crippen molar-refractivity contribution in [3.63, 3.8) is 0 Å². The van der Waals surface area contributed by atoms with E-state index in [9.17, 15) is 9.59 Å². The van der Waals surface area contributed by atoms with Crippen LogP contribution >= 0.6 is 46.3 Å². The molecule has 0 spiro atoms. The van der Waals surface area contributed by atoms with Crippen LogP contribution in [0.2, 0.25) is 10.0 Å². The van der Waals surface area contributed by atoms with Gasteiger partial charge >= 0.3 is 0 Å². The molecule has 4 aromatic heterocycles. The highest BCUT2D eigenvalue weighted by molar-refractivity contribution is 7.05. The van der Waals surface area contributed by atoms with Crippen molar-refractivity contribution >= 4 is 79.9 Å². The Kier molecular flexibility index (Phi) is 12.1. The van der Waals surface area contributed by atoms with E-state index in [1.54, 1.807) is 0 Å². The maximum atomic E-state index is 12.3. The number of fused-ring (bicyclic) bond motifs is 2. The second-order valence-corrected chi connectivity index (χ2v) is 14.9. The molecule has 0 aliphatic rings. The molecule has 0 fully saturated rings. The molecule has 0 aliphatic carbocycles. The lowest BCUT2D eigenvalue weighted by atomic mass is 10.1. The zero-order chi connectivity index (χ0) is 37.3. The molecule has 0 aliphatic heterocycles. The van der Waals surface area contributed by atoms with Gasteiger partial charge in [0.05, 0.1) is 0 Å². The van der Waals surface area contributed by atoms with Crippen LogP contribution in [0.5, 0.6) is 0 Å². The molecule has 272 valence electrons. The molecule has 0 unspecified atom stereocenters. The molecule has 4 N–H and O–H groups in total. The first-order valence-electron chi connectivity index (χ1n) is 17.2. The van der Waals surface area contributed by atoms with E-state index in [2.05, 4.69) is 39.3 Å². The average molecular weight is 794 g/mol. The molecule has 0 bridgehead atoms. The minimum atomic E-state index is -0.247. The van der Waals surface area contributed by atoms with Crippen molar-refractivity contribution < 1.29 is 9.59 Å². The number of hydrogen-bond donors (Lipinski definition) is 4. The van der Waals surface area contributed by atoms with Crippen LogP contribution in [0.3, 0.4) is 0 Å². The van der Waals surface area contributed by atoms with Crippen molar-refractivity contribution in [2.45, 2.75) is 25.7 Å². The molecular weight excluding hydrogens is 760 g/mol. The maximum Gasteiger partial charge on any atom is 0.290 e. The van der Waals surface area contributed by atoms with E-state index in [-0.39, 0.29) is 23.5 Å². The van der Waals surface area contributed by atoms with Crippen molar-refractivity contribution in [3.05, 3.63) is 163 Å². The zero-order valence-electron chi connectivity index (χ0n) is 28.8. The second kappa shape index (κ2) is 17.6. The number of aromatic nitrogens is 6. The number of hydrogen-bond acceptors (Lipinski definition) is 8.